The highest BCUT2D eigenvalue weighted by atomic mass is 35.5. The number of anilines is 1. The Morgan fingerprint density at radius 1 is 1.36 bits per heavy atom. The Balaban J connectivity index is 3.00. The van der Waals surface area contributed by atoms with Crippen molar-refractivity contribution in [1.29, 1.82) is 0 Å². The molecule has 1 aromatic rings. The van der Waals surface area contributed by atoms with Gasteiger partial charge in [0.15, 0.2) is 0 Å². The first kappa shape index (κ1) is 11.3. The van der Waals surface area contributed by atoms with Crippen molar-refractivity contribution < 1.29 is 0 Å². The fraction of sp³-hybridized carbons (Fsp3) is 0.545. The number of hydrogen-bond acceptors (Lipinski definition) is 2. The molecule has 0 spiro atoms. The Morgan fingerprint density at radius 2 is 2.07 bits per heavy atom. The van der Waals surface area contributed by atoms with Gasteiger partial charge in [0, 0.05) is 25.7 Å². The molecule has 0 N–H and O–H groups in total. The summed E-state index contributed by atoms with van der Waals surface area (Å²) in [6.45, 7) is 2.16. The van der Waals surface area contributed by atoms with E-state index < -0.39 is 0 Å². The summed E-state index contributed by atoms with van der Waals surface area (Å²) < 4.78 is 0. The molecule has 0 aliphatic carbocycles. The largest absolute Gasteiger partial charge is 0.363 e. The second-order valence-electron chi connectivity index (χ2n) is 3.60. The van der Waals surface area contributed by atoms with Crippen LogP contribution < -0.4 is 4.90 Å². The number of aryl methyl sites for hydroxylation is 1. The first-order valence-electron chi connectivity index (χ1n) is 4.90. The van der Waals surface area contributed by atoms with Crippen LogP contribution in [-0.2, 0) is 12.3 Å². The molecule has 0 atom stereocenters. The molecule has 0 bridgehead atoms. The third-order valence-electron chi connectivity index (χ3n) is 2.04. The molecule has 78 valence electrons. The summed E-state index contributed by atoms with van der Waals surface area (Å²) in [6.07, 6.45) is 2.14. The highest BCUT2D eigenvalue weighted by Gasteiger charge is 2.03. The minimum absolute atomic E-state index is 0.556. The number of aromatic nitrogens is 1. The van der Waals surface area contributed by atoms with Crippen molar-refractivity contribution in [2.45, 2.75) is 25.6 Å². The van der Waals surface area contributed by atoms with E-state index in [9.17, 15) is 0 Å². The topological polar surface area (TPSA) is 16.1 Å². The molecule has 1 aromatic heterocycles. The number of nitrogens with zero attached hydrogens (tertiary/aromatic N) is 2. The summed E-state index contributed by atoms with van der Waals surface area (Å²) in [6, 6.07) is 4.12. The average molecular weight is 213 g/mol. The SMILES string of the molecule is CCCc1cc(CCl)cc(N(C)C)n1. The van der Waals surface area contributed by atoms with Crippen LogP contribution in [0.15, 0.2) is 12.1 Å². The number of pyridine rings is 1. The van der Waals surface area contributed by atoms with Crippen LogP contribution in [0.5, 0.6) is 0 Å². The first-order valence-corrected chi connectivity index (χ1v) is 5.44. The van der Waals surface area contributed by atoms with Crippen molar-refractivity contribution in [2.24, 2.45) is 0 Å². The standard InChI is InChI=1S/C11H17ClN2/c1-4-5-10-6-9(8-12)7-11(13-10)14(2)3/h6-7H,4-5,8H2,1-3H3. The van der Waals surface area contributed by atoms with Crippen molar-refractivity contribution in [1.82, 2.24) is 4.98 Å². The molecule has 14 heavy (non-hydrogen) atoms. The lowest BCUT2D eigenvalue weighted by Gasteiger charge is -2.13. The summed E-state index contributed by atoms with van der Waals surface area (Å²) in [5.41, 5.74) is 2.28. The van der Waals surface area contributed by atoms with Crippen LogP contribution in [0.2, 0.25) is 0 Å². The normalized spacial score (nSPS) is 10.3. The van der Waals surface area contributed by atoms with E-state index in [0.29, 0.717) is 5.88 Å². The van der Waals surface area contributed by atoms with Crippen LogP contribution in [0, 0.1) is 0 Å². The van der Waals surface area contributed by atoms with E-state index in [1.807, 2.05) is 25.1 Å². The lowest BCUT2D eigenvalue weighted by atomic mass is 10.2. The Labute approximate surface area is 90.9 Å². The van der Waals surface area contributed by atoms with Crippen LogP contribution in [0.3, 0.4) is 0 Å². The van der Waals surface area contributed by atoms with Crippen molar-refractivity contribution in [3.8, 4) is 0 Å². The van der Waals surface area contributed by atoms with E-state index in [1.165, 1.54) is 0 Å². The highest BCUT2D eigenvalue weighted by Crippen LogP contribution is 2.15. The monoisotopic (exact) mass is 212 g/mol. The van der Waals surface area contributed by atoms with Crippen LogP contribution in [0.4, 0.5) is 5.82 Å². The van der Waals surface area contributed by atoms with E-state index in [-0.39, 0.29) is 0 Å². The maximum Gasteiger partial charge on any atom is 0.128 e. The van der Waals surface area contributed by atoms with Gasteiger partial charge in [-0.1, -0.05) is 13.3 Å². The predicted molar refractivity (Wildman–Crippen MR) is 62.1 cm³/mol. The molecular weight excluding hydrogens is 196 g/mol. The van der Waals surface area contributed by atoms with Gasteiger partial charge in [-0.3, -0.25) is 0 Å². The first-order chi connectivity index (χ1) is 6.67. The smallest absolute Gasteiger partial charge is 0.128 e. The lowest BCUT2D eigenvalue weighted by Crippen LogP contribution is -2.12. The van der Waals surface area contributed by atoms with Crippen LogP contribution in [0.25, 0.3) is 0 Å². The molecule has 0 radical (unpaired) electrons. The minimum atomic E-state index is 0.556. The molecule has 2 nitrogen and oxygen atoms in total. The summed E-state index contributed by atoms with van der Waals surface area (Å²) >= 11 is 5.83. The van der Waals surface area contributed by atoms with Gasteiger partial charge < -0.3 is 4.90 Å². The van der Waals surface area contributed by atoms with E-state index in [0.717, 1.165) is 29.9 Å². The zero-order valence-corrected chi connectivity index (χ0v) is 9.80. The zero-order valence-electron chi connectivity index (χ0n) is 9.05. The molecule has 3 heteroatoms. The lowest BCUT2D eigenvalue weighted by molar-refractivity contribution is 0.872. The second kappa shape index (κ2) is 5.20. The van der Waals surface area contributed by atoms with Crippen LogP contribution >= 0.6 is 11.6 Å². The summed E-state index contributed by atoms with van der Waals surface area (Å²) in [5.74, 6) is 1.55. The van der Waals surface area contributed by atoms with E-state index >= 15 is 0 Å². The third-order valence-corrected chi connectivity index (χ3v) is 2.35. The molecule has 0 unspecified atom stereocenters. The summed E-state index contributed by atoms with van der Waals surface area (Å²) in [5, 5.41) is 0. The summed E-state index contributed by atoms with van der Waals surface area (Å²) in [4.78, 5) is 6.55. The van der Waals surface area contributed by atoms with Gasteiger partial charge in [-0.05, 0) is 24.1 Å². The number of rotatable bonds is 4. The van der Waals surface area contributed by atoms with Gasteiger partial charge in [0.1, 0.15) is 5.82 Å². The van der Waals surface area contributed by atoms with Gasteiger partial charge in [-0.15, -0.1) is 11.6 Å². The average Bonchev–Trinajstić information content (AvgIpc) is 2.17. The molecule has 0 aromatic carbocycles. The van der Waals surface area contributed by atoms with Gasteiger partial charge in [-0.25, -0.2) is 4.98 Å². The second-order valence-corrected chi connectivity index (χ2v) is 3.87. The molecular formula is C11H17ClN2. The van der Waals surface area contributed by atoms with Gasteiger partial charge in [-0.2, -0.15) is 0 Å². The van der Waals surface area contributed by atoms with Gasteiger partial charge in [0.25, 0.3) is 0 Å². The molecule has 1 rings (SSSR count). The Kier molecular flexibility index (Phi) is 4.21. The Hall–Kier alpha value is -0.760. The maximum atomic E-state index is 5.83. The van der Waals surface area contributed by atoms with Gasteiger partial charge in [0.2, 0.25) is 0 Å². The van der Waals surface area contributed by atoms with Gasteiger partial charge in [0.05, 0.1) is 0 Å². The Morgan fingerprint density at radius 3 is 2.57 bits per heavy atom. The molecule has 0 aliphatic heterocycles. The minimum Gasteiger partial charge on any atom is -0.363 e. The van der Waals surface area contributed by atoms with Crippen molar-refractivity contribution in [2.75, 3.05) is 19.0 Å². The maximum absolute atomic E-state index is 5.83. The van der Waals surface area contributed by atoms with E-state index in [1.54, 1.807) is 0 Å². The zero-order chi connectivity index (χ0) is 10.6. The number of hydrogen-bond donors (Lipinski definition) is 0. The molecule has 0 amide bonds. The van der Waals surface area contributed by atoms with Crippen LogP contribution in [0.1, 0.15) is 24.6 Å². The molecule has 0 saturated carbocycles. The number of alkyl halides is 1. The third kappa shape index (κ3) is 2.88. The van der Waals surface area contributed by atoms with E-state index in [2.05, 4.69) is 18.0 Å². The quantitative estimate of drug-likeness (QED) is 0.714. The van der Waals surface area contributed by atoms with Crippen molar-refractivity contribution in [3.05, 3.63) is 23.4 Å². The molecule has 1 heterocycles. The summed E-state index contributed by atoms with van der Waals surface area (Å²) in [7, 11) is 3.99. The fourth-order valence-electron chi connectivity index (χ4n) is 1.32. The predicted octanol–water partition coefficient (Wildman–Crippen LogP) is 2.84. The fourth-order valence-corrected chi connectivity index (χ4v) is 1.48. The highest BCUT2D eigenvalue weighted by molar-refractivity contribution is 6.17. The van der Waals surface area contributed by atoms with Crippen molar-refractivity contribution in [3.63, 3.8) is 0 Å². The molecule has 0 fully saturated rings. The van der Waals surface area contributed by atoms with Crippen molar-refractivity contribution >= 4 is 17.4 Å². The van der Waals surface area contributed by atoms with E-state index in [4.69, 9.17) is 11.6 Å². The van der Waals surface area contributed by atoms with Gasteiger partial charge >= 0.3 is 0 Å². The number of halogens is 1. The molecule has 0 aliphatic rings. The Bertz CT molecular complexity index is 297. The van der Waals surface area contributed by atoms with Crippen LogP contribution in [-0.4, -0.2) is 19.1 Å². The molecule has 0 saturated heterocycles.